The van der Waals surface area contributed by atoms with Crippen molar-refractivity contribution < 1.29 is 0 Å². The van der Waals surface area contributed by atoms with Gasteiger partial charge in [-0.3, -0.25) is 0 Å². The van der Waals surface area contributed by atoms with Gasteiger partial charge in [-0.05, 0) is 32.3 Å². The number of hydrogen-bond donors (Lipinski definition) is 0. The zero-order valence-corrected chi connectivity index (χ0v) is 8.45. The molecular weight excluding hydrogens is 200 g/mol. The van der Waals surface area contributed by atoms with Gasteiger partial charge >= 0.3 is 0 Å². The summed E-state index contributed by atoms with van der Waals surface area (Å²) < 4.78 is 1.35. The first-order valence-electron chi connectivity index (χ1n) is 4.36. The van der Waals surface area contributed by atoms with Crippen molar-refractivity contribution in [3.63, 3.8) is 0 Å². The standard InChI is InChI=1S/C10H13Br/c1-7-9-5-3-2-4-8(9)6-10(7)11/h6,9H,2-5H2,1H3. The van der Waals surface area contributed by atoms with Gasteiger partial charge in [-0.1, -0.05) is 33.5 Å². The molecule has 2 aliphatic rings. The number of fused-ring (bicyclic) bond motifs is 1. The van der Waals surface area contributed by atoms with E-state index in [4.69, 9.17) is 0 Å². The Morgan fingerprint density at radius 2 is 2.27 bits per heavy atom. The summed E-state index contributed by atoms with van der Waals surface area (Å²) in [6.07, 6.45) is 7.86. The van der Waals surface area contributed by atoms with Gasteiger partial charge in [0.15, 0.2) is 0 Å². The zero-order chi connectivity index (χ0) is 7.84. The monoisotopic (exact) mass is 212 g/mol. The summed E-state index contributed by atoms with van der Waals surface area (Å²) in [5, 5.41) is 0. The van der Waals surface area contributed by atoms with Crippen LogP contribution in [0.25, 0.3) is 0 Å². The maximum absolute atomic E-state index is 3.60. The third-order valence-corrected chi connectivity index (χ3v) is 3.72. The topological polar surface area (TPSA) is 0 Å². The summed E-state index contributed by atoms with van der Waals surface area (Å²) in [5.41, 5.74) is 3.22. The van der Waals surface area contributed by atoms with Crippen LogP contribution in [0, 0.1) is 5.92 Å². The van der Waals surface area contributed by atoms with Crippen molar-refractivity contribution >= 4 is 15.9 Å². The third-order valence-electron chi connectivity index (χ3n) is 2.87. The van der Waals surface area contributed by atoms with E-state index in [0.717, 1.165) is 5.92 Å². The molecule has 60 valence electrons. The van der Waals surface area contributed by atoms with E-state index in [9.17, 15) is 0 Å². The van der Waals surface area contributed by atoms with Gasteiger partial charge in [0, 0.05) is 10.4 Å². The predicted octanol–water partition coefficient (Wildman–Crippen LogP) is 3.79. The average molecular weight is 213 g/mol. The lowest BCUT2D eigenvalue weighted by molar-refractivity contribution is 0.509. The van der Waals surface area contributed by atoms with Crippen molar-refractivity contribution in [2.45, 2.75) is 32.6 Å². The maximum atomic E-state index is 3.60. The van der Waals surface area contributed by atoms with Gasteiger partial charge < -0.3 is 0 Å². The molecule has 0 aromatic heterocycles. The Morgan fingerprint density at radius 1 is 1.45 bits per heavy atom. The van der Waals surface area contributed by atoms with Crippen LogP contribution >= 0.6 is 15.9 Å². The first-order valence-corrected chi connectivity index (χ1v) is 5.15. The van der Waals surface area contributed by atoms with Crippen molar-refractivity contribution in [2.75, 3.05) is 0 Å². The highest BCUT2D eigenvalue weighted by atomic mass is 79.9. The molecule has 0 N–H and O–H groups in total. The van der Waals surface area contributed by atoms with Crippen molar-refractivity contribution in [3.8, 4) is 0 Å². The molecule has 1 fully saturated rings. The van der Waals surface area contributed by atoms with Crippen LogP contribution in [0.2, 0.25) is 0 Å². The molecule has 0 saturated heterocycles. The molecule has 0 aromatic rings. The van der Waals surface area contributed by atoms with Gasteiger partial charge in [-0.2, -0.15) is 0 Å². The number of allylic oxidation sites excluding steroid dienone is 4. The Bertz CT molecular complexity index is 235. The van der Waals surface area contributed by atoms with Gasteiger partial charge in [0.1, 0.15) is 0 Å². The van der Waals surface area contributed by atoms with Gasteiger partial charge in [-0.25, -0.2) is 0 Å². The first kappa shape index (κ1) is 7.60. The highest BCUT2D eigenvalue weighted by Crippen LogP contribution is 2.42. The molecule has 1 unspecified atom stereocenters. The Labute approximate surface area is 76.5 Å². The molecule has 1 heteroatoms. The van der Waals surface area contributed by atoms with Crippen molar-refractivity contribution in [3.05, 3.63) is 21.7 Å². The summed E-state index contributed by atoms with van der Waals surface area (Å²) in [4.78, 5) is 0. The molecule has 0 amide bonds. The quantitative estimate of drug-likeness (QED) is 0.574. The summed E-state index contributed by atoms with van der Waals surface area (Å²) >= 11 is 3.60. The molecule has 0 nitrogen and oxygen atoms in total. The van der Waals surface area contributed by atoms with Crippen LogP contribution in [0.4, 0.5) is 0 Å². The Balaban J connectivity index is 2.27. The van der Waals surface area contributed by atoms with Crippen LogP contribution in [-0.4, -0.2) is 0 Å². The Hall–Kier alpha value is -0.0400. The number of hydrogen-bond acceptors (Lipinski definition) is 0. The molecule has 0 heterocycles. The second-order valence-corrected chi connectivity index (χ2v) is 4.40. The van der Waals surface area contributed by atoms with E-state index >= 15 is 0 Å². The van der Waals surface area contributed by atoms with Gasteiger partial charge in [0.25, 0.3) is 0 Å². The molecule has 1 atom stereocenters. The van der Waals surface area contributed by atoms with Crippen LogP contribution in [0.1, 0.15) is 32.6 Å². The van der Waals surface area contributed by atoms with Crippen LogP contribution in [-0.2, 0) is 0 Å². The van der Waals surface area contributed by atoms with Gasteiger partial charge in [0.2, 0.25) is 0 Å². The minimum atomic E-state index is 0.804. The molecular formula is C10H13Br. The highest BCUT2D eigenvalue weighted by Gasteiger charge is 2.25. The van der Waals surface area contributed by atoms with E-state index in [2.05, 4.69) is 28.9 Å². The van der Waals surface area contributed by atoms with E-state index in [0.29, 0.717) is 0 Å². The lowest BCUT2D eigenvalue weighted by Crippen LogP contribution is -2.07. The van der Waals surface area contributed by atoms with Gasteiger partial charge in [0.05, 0.1) is 0 Å². The number of rotatable bonds is 0. The second kappa shape index (κ2) is 2.78. The average Bonchev–Trinajstić information content (AvgIpc) is 2.30. The maximum Gasteiger partial charge on any atom is 0.0170 e. The van der Waals surface area contributed by atoms with Crippen molar-refractivity contribution in [1.82, 2.24) is 0 Å². The SMILES string of the molecule is CC1=C(Br)C=C2CCCCC21. The van der Waals surface area contributed by atoms with Crippen molar-refractivity contribution in [2.24, 2.45) is 5.92 Å². The lowest BCUT2D eigenvalue weighted by atomic mass is 9.83. The molecule has 1 saturated carbocycles. The molecule has 2 aliphatic carbocycles. The zero-order valence-electron chi connectivity index (χ0n) is 6.86. The van der Waals surface area contributed by atoms with Crippen LogP contribution in [0.3, 0.4) is 0 Å². The molecule has 0 bridgehead atoms. The molecule has 0 aromatic carbocycles. The molecule has 0 spiro atoms. The summed E-state index contributed by atoms with van der Waals surface area (Å²) in [6, 6.07) is 0. The van der Waals surface area contributed by atoms with E-state index < -0.39 is 0 Å². The lowest BCUT2D eigenvalue weighted by Gasteiger charge is -2.21. The normalized spacial score (nSPS) is 30.4. The fraction of sp³-hybridized carbons (Fsp3) is 0.600. The fourth-order valence-electron chi connectivity index (χ4n) is 2.15. The Kier molecular flexibility index (Phi) is 1.92. The molecule has 0 aliphatic heterocycles. The third kappa shape index (κ3) is 1.20. The second-order valence-electron chi connectivity index (χ2n) is 3.55. The van der Waals surface area contributed by atoms with E-state index in [1.807, 2.05) is 0 Å². The Morgan fingerprint density at radius 3 is 3.00 bits per heavy atom. The largest absolute Gasteiger partial charge is 0.0619 e. The minimum Gasteiger partial charge on any atom is -0.0619 e. The highest BCUT2D eigenvalue weighted by molar-refractivity contribution is 9.11. The fourth-order valence-corrected chi connectivity index (χ4v) is 2.72. The van der Waals surface area contributed by atoms with Crippen LogP contribution in [0.15, 0.2) is 21.7 Å². The smallest absolute Gasteiger partial charge is 0.0170 e. The summed E-state index contributed by atoms with van der Waals surface area (Å²) in [5.74, 6) is 0.804. The molecule has 0 radical (unpaired) electrons. The predicted molar refractivity (Wildman–Crippen MR) is 51.7 cm³/mol. The minimum absolute atomic E-state index is 0.804. The number of halogens is 1. The summed E-state index contributed by atoms with van der Waals surface area (Å²) in [7, 11) is 0. The van der Waals surface area contributed by atoms with Crippen LogP contribution < -0.4 is 0 Å². The van der Waals surface area contributed by atoms with E-state index in [1.54, 1.807) is 11.1 Å². The van der Waals surface area contributed by atoms with E-state index in [1.165, 1.54) is 30.2 Å². The first-order chi connectivity index (χ1) is 5.29. The van der Waals surface area contributed by atoms with Gasteiger partial charge in [-0.15, -0.1) is 0 Å². The van der Waals surface area contributed by atoms with Crippen LogP contribution in [0.5, 0.6) is 0 Å². The summed E-state index contributed by atoms with van der Waals surface area (Å²) in [6.45, 7) is 2.25. The van der Waals surface area contributed by atoms with Crippen molar-refractivity contribution in [1.29, 1.82) is 0 Å². The molecule has 11 heavy (non-hydrogen) atoms. The van der Waals surface area contributed by atoms with E-state index in [-0.39, 0.29) is 0 Å². The molecule has 2 rings (SSSR count).